The SMILES string of the molecule is COc1ccc(C)cc1CNC1CCN(C)CC1C. The molecule has 19 heavy (non-hydrogen) atoms. The predicted molar refractivity (Wildman–Crippen MR) is 79.6 cm³/mol. The first-order valence-electron chi connectivity index (χ1n) is 7.15. The highest BCUT2D eigenvalue weighted by Crippen LogP contribution is 2.21. The first kappa shape index (κ1) is 14.4. The highest BCUT2D eigenvalue weighted by Gasteiger charge is 2.23. The van der Waals surface area contributed by atoms with Gasteiger partial charge in [-0.15, -0.1) is 0 Å². The number of methoxy groups -OCH3 is 1. The normalized spacial score (nSPS) is 24.4. The molecule has 1 saturated heterocycles. The van der Waals surface area contributed by atoms with Crippen molar-refractivity contribution in [3.05, 3.63) is 29.3 Å². The molecule has 2 atom stereocenters. The predicted octanol–water partition coefficient (Wildman–Crippen LogP) is 2.43. The summed E-state index contributed by atoms with van der Waals surface area (Å²) in [5.74, 6) is 1.69. The average Bonchev–Trinajstić information content (AvgIpc) is 2.38. The van der Waals surface area contributed by atoms with E-state index in [4.69, 9.17) is 4.74 Å². The van der Waals surface area contributed by atoms with Crippen molar-refractivity contribution in [3.8, 4) is 5.75 Å². The molecule has 1 aromatic rings. The minimum atomic E-state index is 0.612. The number of hydrogen-bond acceptors (Lipinski definition) is 3. The van der Waals surface area contributed by atoms with Gasteiger partial charge in [0.1, 0.15) is 5.75 Å². The van der Waals surface area contributed by atoms with Crippen molar-refractivity contribution >= 4 is 0 Å². The molecule has 0 spiro atoms. The van der Waals surface area contributed by atoms with Gasteiger partial charge in [-0.1, -0.05) is 24.6 Å². The van der Waals surface area contributed by atoms with Crippen LogP contribution in [0.4, 0.5) is 0 Å². The van der Waals surface area contributed by atoms with Crippen molar-refractivity contribution in [1.29, 1.82) is 0 Å². The van der Waals surface area contributed by atoms with Crippen LogP contribution >= 0.6 is 0 Å². The van der Waals surface area contributed by atoms with Crippen LogP contribution in [0.1, 0.15) is 24.5 Å². The molecule has 0 bridgehead atoms. The highest BCUT2D eigenvalue weighted by atomic mass is 16.5. The number of benzene rings is 1. The maximum atomic E-state index is 5.44. The molecule has 3 heteroatoms. The largest absolute Gasteiger partial charge is 0.496 e. The Labute approximate surface area is 116 Å². The quantitative estimate of drug-likeness (QED) is 0.902. The van der Waals surface area contributed by atoms with Crippen LogP contribution in [0.15, 0.2) is 18.2 Å². The summed E-state index contributed by atoms with van der Waals surface area (Å²) in [7, 11) is 3.95. The van der Waals surface area contributed by atoms with Gasteiger partial charge >= 0.3 is 0 Å². The molecule has 0 amide bonds. The van der Waals surface area contributed by atoms with Crippen molar-refractivity contribution in [2.24, 2.45) is 5.92 Å². The molecule has 1 aliphatic rings. The van der Waals surface area contributed by atoms with Crippen LogP contribution in [0.2, 0.25) is 0 Å². The molecule has 3 nitrogen and oxygen atoms in total. The summed E-state index contributed by atoms with van der Waals surface area (Å²) in [6, 6.07) is 6.98. The van der Waals surface area contributed by atoms with Gasteiger partial charge in [0.15, 0.2) is 0 Å². The standard InChI is InChI=1S/C16H26N2O/c1-12-5-6-16(19-4)14(9-12)10-17-15-7-8-18(3)11-13(15)2/h5-6,9,13,15,17H,7-8,10-11H2,1-4H3. The third-order valence-electron chi connectivity index (χ3n) is 4.10. The zero-order valence-electron chi connectivity index (χ0n) is 12.6. The van der Waals surface area contributed by atoms with Gasteiger partial charge in [-0.2, -0.15) is 0 Å². The molecule has 1 heterocycles. The van der Waals surface area contributed by atoms with E-state index in [0.29, 0.717) is 12.0 Å². The molecular weight excluding hydrogens is 236 g/mol. The van der Waals surface area contributed by atoms with Gasteiger partial charge in [-0.05, 0) is 38.9 Å². The molecule has 1 fully saturated rings. The minimum Gasteiger partial charge on any atom is -0.496 e. The fourth-order valence-electron chi connectivity index (χ4n) is 2.94. The lowest BCUT2D eigenvalue weighted by molar-refractivity contribution is 0.174. The van der Waals surface area contributed by atoms with Gasteiger partial charge < -0.3 is 15.0 Å². The van der Waals surface area contributed by atoms with Crippen LogP contribution in [-0.2, 0) is 6.54 Å². The van der Waals surface area contributed by atoms with Crippen LogP contribution in [0.3, 0.4) is 0 Å². The number of nitrogens with one attached hydrogen (secondary N) is 1. The molecule has 0 saturated carbocycles. The van der Waals surface area contributed by atoms with Crippen molar-refractivity contribution in [2.75, 3.05) is 27.2 Å². The molecule has 2 rings (SSSR count). The van der Waals surface area contributed by atoms with Gasteiger partial charge in [0, 0.05) is 24.7 Å². The summed E-state index contributed by atoms with van der Waals surface area (Å²) in [6.45, 7) is 7.72. The van der Waals surface area contributed by atoms with E-state index in [1.807, 2.05) is 0 Å². The van der Waals surface area contributed by atoms with E-state index in [0.717, 1.165) is 12.3 Å². The molecular formula is C16H26N2O. The van der Waals surface area contributed by atoms with E-state index >= 15 is 0 Å². The Kier molecular flexibility index (Phi) is 4.83. The van der Waals surface area contributed by atoms with Gasteiger partial charge in [-0.3, -0.25) is 0 Å². The second kappa shape index (κ2) is 6.40. The summed E-state index contributed by atoms with van der Waals surface area (Å²) in [5, 5.41) is 3.70. The van der Waals surface area contributed by atoms with Crippen LogP contribution < -0.4 is 10.1 Å². The van der Waals surface area contributed by atoms with Crippen molar-refractivity contribution in [1.82, 2.24) is 10.2 Å². The third-order valence-corrected chi connectivity index (χ3v) is 4.10. The van der Waals surface area contributed by atoms with E-state index in [1.54, 1.807) is 7.11 Å². The van der Waals surface area contributed by atoms with Crippen LogP contribution in [0, 0.1) is 12.8 Å². The average molecular weight is 262 g/mol. The number of aryl methyl sites for hydroxylation is 1. The van der Waals surface area contributed by atoms with Gasteiger partial charge in [0.25, 0.3) is 0 Å². The number of piperidine rings is 1. The van der Waals surface area contributed by atoms with E-state index in [9.17, 15) is 0 Å². The Bertz CT molecular complexity index is 419. The minimum absolute atomic E-state index is 0.612. The Morgan fingerprint density at radius 1 is 1.42 bits per heavy atom. The summed E-state index contributed by atoms with van der Waals surface area (Å²) in [4.78, 5) is 2.41. The Morgan fingerprint density at radius 3 is 2.89 bits per heavy atom. The summed E-state index contributed by atoms with van der Waals surface area (Å²) < 4.78 is 5.44. The first-order valence-corrected chi connectivity index (χ1v) is 7.15. The lowest BCUT2D eigenvalue weighted by atomic mass is 9.94. The van der Waals surface area contributed by atoms with Crippen molar-refractivity contribution in [2.45, 2.75) is 32.9 Å². The molecule has 1 aromatic carbocycles. The fraction of sp³-hybridized carbons (Fsp3) is 0.625. The molecule has 0 radical (unpaired) electrons. The second-order valence-electron chi connectivity index (χ2n) is 5.83. The summed E-state index contributed by atoms with van der Waals surface area (Å²) >= 11 is 0. The fourth-order valence-corrected chi connectivity index (χ4v) is 2.94. The maximum Gasteiger partial charge on any atom is 0.123 e. The molecule has 106 valence electrons. The topological polar surface area (TPSA) is 24.5 Å². The number of likely N-dealkylation sites (tertiary alicyclic amines) is 1. The highest BCUT2D eigenvalue weighted by molar-refractivity contribution is 5.36. The number of nitrogens with zero attached hydrogens (tertiary/aromatic N) is 1. The summed E-state index contributed by atoms with van der Waals surface area (Å²) in [5.41, 5.74) is 2.54. The van der Waals surface area contributed by atoms with E-state index in [1.165, 1.54) is 30.6 Å². The Hall–Kier alpha value is -1.06. The molecule has 0 aromatic heterocycles. The van der Waals surface area contributed by atoms with E-state index in [-0.39, 0.29) is 0 Å². The Balaban J connectivity index is 1.96. The summed E-state index contributed by atoms with van der Waals surface area (Å²) in [6.07, 6.45) is 1.23. The number of rotatable bonds is 4. The molecule has 2 unspecified atom stereocenters. The zero-order valence-corrected chi connectivity index (χ0v) is 12.6. The lowest BCUT2D eigenvalue weighted by Crippen LogP contribution is -2.46. The van der Waals surface area contributed by atoms with Crippen molar-refractivity contribution in [3.63, 3.8) is 0 Å². The lowest BCUT2D eigenvalue weighted by Gasteiger charge is -2.35. The maximum absolute atomic E-state index is 5.44. The first-order chi connectivity index (χ1) is 9.10. The number of ether oxygens (including phenoxy) is 1. The third kappa shape index (κ3) is 3.71. The van der Waals surface area contributed by atoms with Crippen LogP contribution in [0.25, 0.3) is 0 Å². The van der Waals surface area contributed by atoms with E-state index in [2.05, 4.69) is 49.3 Å². The van der Waals surface area contributed by atoms with Crippen LogP contribution in [-0.4, -0.2) is 38.2 Å². The number of hydrogen-bond donors (Lipinski definition) is 1. The van der Waals surface area contributed by atoms with Gasteiger partial charge in [-0.25, -0.2) is 0 Å². The van der Waals surface area contributed by atoms with Gasteiger partial charge in [0.05, 0.1) is 7.11 Å². The van der Waals surface area contributed by atoms with Crippen LogP contribution in [0.5, 0.6) is 5.75 Å². The monoisotopic (exact) mass is 262 g/mol. The molecule has 1 aliphatic heterocycles. The smallest absolute Gasteiger partial charge is 0.123 e. The van der Waals surface area contributed by atoms with Gasteiger partial charge in [0.2, 0.25) is 0 Å². The second-order valence-corrected chi connectivity index (χ2v) is 5.83. The zero-order chi connectivity index (χ0) is 13.8. The molecule has 1 N–H and O–H groups in total. The van der Waals surface area contributed by atoms with E-state index < -0.39 is 0 Å². The molecule has 0 aliphatic carbocycles. The van der Waals surface area contributed by atoms with Crippen molar-refractivity contribution < 1.29 is 4.74 Å². The Morgan fingerprint density at radius 2 is 2.21 bits per heavy atom.